The zero-order valence-electron chi connectivity index (χ0n) is 22.4. The molecule has 0 radical (unpaired) electrons. The summed E-state index contributed by atoms with van der Waals surface area (Å²) in [6.07, 6.45) is 10.9. The van der Waals surface area contributed by atoms with Crippen LogP contribution in [0.4, 0.5) is 0 Å². The number of rotatable bonds is 7. The fraction of sp³-hybridized carbons (Fsp3) is 0.857. The third kappa shape index (κ3) is 4.22. The first kappa shape index (κ1) is 25.8. The van der Waals surface area contributed by atoms with Crippen LogP contribution in [0, 0.1) is 40.4 Å². The van der Waals surface area contributed by atoms with Crippen molar-refractivity contribution in [1.29, 1.82) is 0 Å². The summed E-state index contributed by atoms with van der Waals surface area (Å²) in [5.41, 5.74) is -0.248. The third-order valence-electron chi connectivity index (χ3n) is 10.8. The van der Waals surface area contributed by atoms with Gasteiger partial charge in [0.25, 0.3) is 0 Å². The molecule has 0 unspecified atom stereocenters. The number of hydrogen-bond acceptors (Lipinski definition) is 7. The largest absolute Gasteiger partial charge is 0.461 e. The van der Waals surface area contributed by atoms with Gasteiger partial charge in [-0.1, -0.05) is 12.1 Å². The lowest BCUT2D eigenvalue weighted by molar-refractivity contribution is -0.175. The molecule has 4 aliphatic rings. The highest BCUT2D eigenvalue weighted by atomic mass is 16.5. The van der Waals surface area contributed by atoms with Gasteiger partial charge in [-0.05, 0) is 106 Å². The molecule has 0 aliphatic heterocycles. The number of aromatic nitrogens is 3. The second kappa shape index (κ2) is 9.50. The topological polar surface area (TPSA) is 104 Å². The van der Waals surface area contributed by atoms with Crippen molar-refractivity contribution in [2.75, 3.05) is 20.3 Å². The van der Waals surface area contributed by atoms with E-state index in [4.69, 9.17) is 9.47 Å². The number of carbonyl (C=O) groups is 2. The summed E-state index contributed by atoms with van der Waals surface area (Å²) in [7, 11) is 1.83. The molecule has 0 saturated heterocycles. The molecule has 200 valence electrons. The Labute approximate surface area is 214 Å². The van der Waals surface area contributed by atoms with Gasteiger partial charge in [0.2, 0.25) is 0 Å². The number of ketones is 1. The Morgan fingerprint density at radius 3 is 2.67 bits per heavy atom. The molecule has 1 aromatic rings. The van der Waals surface area contributed by atoms with Crippen molar-refractivity contribution in [3.05, 3.63) is 11.9 Å². The van der Waals surface area contributed by atoms with Crippen LogP contribution in [-0.2, 0) is 20.8 Å². The van der Waals surface area contributed by atoms with E-state index in [1.54, 1.807) is 6.92 Å². The first-order chi connectivity index (χ1) is 17.1. The first-order valence-electron chi connectivity index (χ1n) is 13.9. The van der Waals surface area contributed by atoms with Crippen molar-refractivity contribution in [1.82, 2.24) is 15.0 Å². The summed E-state index contributed by atoms with van der Waals surface area (Å²) in [5, 5.41) is 18.8. The second-order valence-electron chi connectivity index (χ2n) is 12.7. The molecule has 1 N–H and O–H groups in total. The molecule has 0 amide bonds. The predicted octanol–water partition coefficient (Wildman–Crippen LogP) is 4.06. The SMILES string of the molecule is CCOC(=O)c1cn(CC(=O)[C@H]2CC[C@H]3[C@@H]4CC[C@H]5C[C@](C)(O)CC[C@]5(COC)[C@H]4CC[C@]23C)nn1. The first-order valence-corrected chi connectivity index (χ1v) is 13.9. The van der Waals surface area contributed by atoms with Crippen LogP contribution >= 0.6 is 0 Å². The molecule has 4 saturated carbocycles. The maximum absolute atomic E-state index is 13.6. The number of fused-ring (bicyclic) bond motifs is 5. The van der Waals surface area contributed by atoms with Crippen molar-refractivity contribution in [3.8, 4) is 0 Å². The monoisotopic (exact) mass is 501 g/mol. The lowest BCUT2D eigenvalue weighted by Gasteiger charge is -2.62. The number of esters is 1. The Bertz CT molecular complexity index is 992. The van der Waals surface area contributed by atoms with E-state index in [-0.39, 0.29) is 41.4 Å². The van der Waals surface area contributed by atoms with Crippen molar-refractivity contribution in [2.45, 2.75) is 90.7 Å². The summed E-state index contributed by atoms with van der Waals surface area (Å²) in [6, 6.07) is 0. The van der Waals surface area contributed by atoms with Gasteiger partial charge < -0.3 is 14.6 Å². The molecule has 0 bridgehead atoms. The summed E-state index contributed by atoms with van der Waals surface area (Å²) < 4.78 is 12.4. The maximum atomic E-state index is 13.6. The van der Waals surface area contributed by atoms with Gasteiger partial charge in [-0.2, -0.15) is 0 Å². The second-order valence-corrected chi connectivity index (χ2v) is 12.7. The van der Waals surface area contributed by atoms with E-state index in [0.717, 1.165) is 58.0 Å². The average Bonchev–Trinajstić information content (AvgIpc) is 3.43. The van der Waals surface area contributed by atoms with Crippen LogP contribution in [0.15, 0.2) is 6.20 Å². The highest BCUT2D eigenvalue weighted by Gasteiger charge is 2.63. The lowest BCUT2D eigenvalue weighted by atomic mass is 9.43. The standard InChI is InChI=1S/C28H43N3O5/c1-5-36-25(33)23-15-31(30-29-23)16-24(32)22-9-8-20-19-7-6-18-14-26(2,34)12-13-28(18,17-35-4)21(19)10-11-27(20,22)3/h15,18-22,34H,5-14,16-17H2,1-4H3/t18-,19-,20-,21-,22+,26+,27-,28+/m0/s1. The van der Waals surface area contributed by atoms with E-state index in [1.807, 2.05) is 14.0 Å². The normalized spacial score (nSPS) is 41.8. The minimum absolute atomic E-state index is 0.00403. The van der Waals surface area contributed by atoms with E-state index in [0.29, 0.717) is 23.7 Å². The van der Waals surface area contributed by atoms with Crippen LogP contribution in [-0.4, -0.2) is 57.8 Å². The Hall–Kier alpha value is -1.80. The number of hydrogen-bond donors (Lipinski definition) is 1. The molecule has 4 aliphatic carbocycles. The number of carbonyl (C=O) groups excluding carboxylic acids is 2. The summed E-state index contributed by atoms with van der Waals surface area (Å²) in [6.45, 7) is 7.33. The van der Waals surface area contributed by atoms with Crippen LogP contribution in [0.25, 0.3) is 0 Å². The Kier molecular flexibility index (Phi) is 6.82. The number of nitrogens with zero attached hydrogens (tertiary/aromatic N) is 3. The Morgan fingerprint density at radius 1 is 1.11 bits per heavy atom. The molecule has 8 nitrogen and oxygen atoms in total. The summed E-state index contributed by atoms with van der Waals surface area (Å²) in [5.74, 6) is 2.01. The summed E-state index contributed by atoms with van der Waals surface area (Å²) >= 11 is 0. The van der Waals surface area contributed by atoms with Crippen molar-refractivity contribution >= 4 is 11.8 Å². The van der Waals surface area contributed by atoms with Gasteiger partial charge in [0.1, 0.15) is 6.54 Å². The minimum Gasteiger partial charge on any atom is -0.461 e. The van der Waals surface area contributed by atoms with E-state index in [1.165, 1.54) is 17.3 Å². The molecule has 1 heterocycles. The van der Waals surface area contributed by atoms with Gasteiger partial charge >= 0.3 is 5.97 Å². The smallest absolute Gasteiger partial charge is 0.360 e. The zero-order chi connectivity index (χ0) is 25.7. The highest BCUT2D eigenvalue weighted by Crippen LogP contribution is 2.68. The summed E-state index contributed by atoms with van der Waals surface area (Å²) in [4.78, 5) is 25.5. The maximum Gasteiger partial charge on any atom is 0.360 e. The lowest BCUT2D eigenvalue weighted by Crippen LogP contribution is -2.58. The quantitative estimate of drug-likeness (QED) is 0.562. The molecular formula is C28H43N3O5. The number of aliphatic hydroxyl groups is 1. The van der Waals surface area contributed by atoms with E-state index in [9.17, 15) is 14.7 Å². The highest BCUT2D eigenvalue weighted by molar-refractivity contribution is 5.87. The molecule has 8 heteroatoms. The molecule has 8 atom stereocenters. The van der Waals surface area contributed by atoms with Crippen LogP contribution < -0.4 is 0 Å². The van der Waals surface area contributed by atoms with Gasteiger partial charge in [0.15, 0.2) is 11.5 Å². The van der Waals surface area contributed by atoms with Gasteiger partial charge in [-0.3, -0.25) is 4.79 Å². The van der Waals surface area contributed by atoms with Crippen LogP contribution in [0.2, 0.25) is 0 Å². The molecule has 0 spiro atoms. The van der Waals surface area contributed by atoms with Gasteiger partial charge in [0, 0.05) is 13.0 Å². The molecule has 4 fully saturated rings. The van der Waals surface area contributed by atoms with Gasteiger partial charge in [-0.25, -0.2) is 9.48 Å². The average molecular weight is 502 g/mol. The fourth-order valence-electron chi connectivity index (χ4n) is 9.26. The molecule has 0 aromatic carbocycles. The number of ether oxygens (including phenoxy) is 2. The van der Waals surface area contributed by atoms with E-state index < -0.39 is 11.6 Å². The molecular weight excluding hydrogens is 458 g/mol. The van der Waals surface area contributed by atoms with Crippen LogP contribution in [0.5, 0.6) is 0 Å². The number of Topliss-reactive ketones (excluding diaryl/α,β-unsaturated/α-hetero) is 1. The Balaban J connectivity index is 1.32. The zero-order valence-corrected chi connectivity index (χ0v) is 22.4. The van der Waals surface area contributed by atoms with Crippen molar-refractivity contribution < 1.29 is 24.2 Å². The van der Waals surface area contributed by atoms with Crippen LogP contribution in [0.1, 0.15) is 89.0 Å². The van der Waals surface area contributed by atoms with Crippen molar-refractivity contribution in [2.24, 2.45) is 40.4 Å². The van der Waals surface area contributed by atoms with Crippen LogP contribution in [0.3, 0.4) is 0 Å². The predicted molar refractivity (Wildman–Crippen MR) is 133 cm³/mol. The van der Waals surface area contributed by atoms with E-state index >= 15 is 0 Å². The van der Waals surface area contributed by atoms with Gasteiger partial charge in [0.05, 0.1) is 25.0 Å². The fourth-order valence-corrected chi connectivity index (χ4v) is 9.26. The molecule has 1 aromatic heterocycles. The molecule has 5 rings (SSSR count). The Morgan fingerprint density at radius 2 is 1.92 bits per heavy atom. The number of methoxy groups -OCH3 is 1. The van der Waals surface area contributed by atoms with E-state index in [2.05, 4.69) is 17.2 Å². The van der Waals surface area contributed by atoms with Gasteiger partial charge in [-0.15, -0.1) is 5.10 Å². The van der Waals surface area contributed by atoms with Crippen molar-refractivity contribution in [3.63, 3.8) is 0 Å². The minimum atomic E-state index is -0.558. The molecule has 36 heavy (non-hydrogen) atoms. The third-order valence-corrected chi connectivity index (χ3v) is 10.8.